The monoisotopic (exact) mass is 260 g/mol. The topological polar surface area (TPSA) is 38.0 Å². The van der Waals surface area contributed by atoms with E-state index in [1.165, 1.54) is 6.07 Å². The van der Waals surface area contributed by atoms with Crippen molar-refractivity contribution in [2.75, 3.05) is 18.4 Å². The van der Waals surface area contributed by atoms with Crippen molar-refractivity contribution in [3.63, 3.8) is 0 Å². The van der Waals surface area contributed by atoms with Gasteiger partial charge >= 0.3 is 0 Å². The maximum absolute atomic E-state index is 13.2. The molecule has 0 spiro atoms. The fraction of sp³-hybridized carbons (Fsp3) is 0.400. The summed E-state index contributed by atoms with van der Waals surface area (Å²) in [6.07, 6.45) is 0. The molecule has 1 aromatic rings. The first-order valence-corrected chi connectivity index (χ1v) is 5.31. The fourth-order valence-corrected chi connectivity index (χ4v) is 1.36. The molecule has 0 aliphatic rings. The lowest BCUT2D eigenvalue weighted by atomic mass is 10.2. The summed E-state index contributed by atoms with van der Waals surface area (Å²) in [4.78, 5) is 0. The third-order valence-corrected chi connectivity index (χ3v) is 2.47. The molecule has 0 bridgehead atoms. The standard InChI is InChI=1S/C10H14BrFN2/c1-7(5-13)6-14-10-4-8(11)2-3-9(10)12/h2-4,7,14H,5-6,13H2,1H3. The first kappa shape index (κ1) is 11.5. The number of nitrogens with one attached hydrogen (secondary N) is 1. The van der Waals surface area contributed by atoms with Crippen LogP contribution in [0.4, 0.5) is 10.1 Å². The second kappa shape index (κ2) is 5.32. The van der Waals surface area contributed by atoms with E-state index in [1.54, 1.807) is 12.1 Å². The van der Waals surface area contributed by atoms with E-state index in [4.69, 9.17) is 5.73 Å². The summed E-state index contributed by atoms with van der Waals surface area (Å²) in [6, 6.07) is 4.82. The maximum atomic E-state index is 13.2. The van der Waals surface area contributed by atoms with Crippen LogP contribution in [0.2, 0.25) is 0 Å². The van der Waals surface area contributed by atoms with E-state index >= 15 is 0 Å². The predicted molar refractivity (Wildman–Crippen MR) is 60.8 cm³/mol. The highest BCUT2D eigenvalue weighted by molar-refractivity contribution is 9.10. The smallest absolute Gasteiger partial charge is 0.146 e. The van der Waals surface area contributed by atoms with Gasteiger partial charge in [-0.1, -0.05) is 22.9 Å². The normalized spacial score (nSPS) is 12.6. The number of anilines is 1. The van der Waals surface area contributed by atoms with Gasteiger partial charge in [-0.2, -0.15) is 0 Å². The quantitative estimate of drug-likeness (QED) is 0.874. The molecule has 1 atom stereocenters. The van der Waals surface area contributed by atoms with Crippen LogP contribution in [0.1, 0.15) is 6.92 Å². The van der Waals surface area contributed by atoms with E-state index in [1.807, 2.05) is 6.92 Å². The molecule has 3 N–H and O–H groups in total. The first-order valence-electron chi connectivity index (χ1n) is 4.52. The Hall–Kier alpha value is -0.610. The molecule has 0 amide bonds. The number of hydrogen-bond donors (Lipinski definition) is 2. The average molecular weight is 261 g/mol. The van der Waals surface area contributed by atoms with Crippen molar-refractivity contribution in [3.05, 3.63) is 28.5 Å². The molecular weight excluding hydrogens is 247 g/mol. The van der Waals surface area contributed by atoms with Crippen molar-refractivity contribution in [3.8, 4) is 0 Å². The van der Waals surface area contributed by atoms with E-state index in [9.17, 15) is 4.39 Å². The molecule has 14 heavy (non-hydrogen) atoms. The van der Waals surface area contributed by atoms with Crippen LogP contribution >= 0.6 is 15.9 Å². The van der Waals surface area contributed by atoms with Gasteiger partial charge in [0.1, 0.15) is 5.82 Å². The van der Waals surface area contributed by atoms with Gasteiger partial charge in [0.25, 0.3) is 0 Å². The highest BCUT2D eigenvalue weighted by atomic mass is 79.9. The minimum atomic E-state index is -0.238. The van der Waals surface area contributed by atoms with E-state index < -0.39 is 0 Å². The molecular formula is C10H14BrFN2. The van der Waals surface area contributed by atoms with Crippen molar-refractivity contribution < 1.29 is 4.39 Å². The molecule has 0 aliphatic carbocycles. The van der Waals surface area contributed by atoms with Gasteiger partial charge in [-0.15, -0.1) is 0 Å². The molecule has 1 aromatic carbocycles. The average Bonchev–Trinajstić information content (AvgIpc) is 2.19. The zero-order chi connectivity index (χ0) is 10.6. The summed E-state index contributed by atoms with van der Waals surface area (Å²) in [5.41, 5.74) is 5.97. The van der Waals surface area contributed by atoms with Crippen molar-refractivity contribution in [2.45, 2.75) is 6.92 Å². The summed E-state index contributed by atoms with van der Waals surface area (Å²) in [6.45, 7) is 3.30. The highest BCUT2D eigenvalue weighted by Crippen LogP contribution is 2.20. The second-order valence-corrected chi connectivity index (χ2v) is 4.26. The van der Waals surface area contributed by atoms with Crippen LogP contribution in [0.5, 0.6) is 0 Å². The summed E-state index contributed by atoms with van der Waals surface area (Å²) in [5, 5.41) is 3.02. The third kappa shape index (κ3) is 3.27. The molecule has 0 heterocycles. The van der Waals surface area contributed by atoms with Gasteiger partial charge in [0.15, 0.2) is 0 Å². The van der Waals surface area contributed by atoms with Crippen molar-refractivity contribution in [1.82, 2.24) is 0 Å². The molecule has 0 fully saturated rings. The van der Waals surface area contributed by atoms with Gasteiger partial charge in [-0.05, 0) is 30.7 Å². The van der Waals surface area contributed by atoms with Crippen LogP contribution in [-0.2, 0) is 0 Å². The second-order valence-electron chi connectivity index (χ2n) is 3.35. The van der Waals surface area contributed by atoms with Crippen LogP contribution in [0.25, 0.3) is 0 Å². The Morgan fingerprint density at radius 3 is 2.93 bits per heavy atom. The molecule has 0 aliphatic heterocycles. The summed E-state index contributed by atoms with van der Waals surface area (Å²) in [5.74, 6) is 0.103. The minimum Gasteiger partial charge on any atom is -0.382 e. The Morgan fingerprint density at radius 2 is 2.29 bits per heavy atom. The first-order chi connectivity index (χ1) is 6.63. The number of benzene rings is 1. The third-order valence-electron chi connectivity index (χ3n) is 1.97. The zero-order valence-electron chi connectivity index (χ0n) is 8.06. The fourth-order valence-electron chi connectivity index (χ4n) is 1.00. The molecule has 4 heteroatoms. The maximum Gasteiger partial charge on any atom is 0.146 e. The van der Waals surface area contributed by atoms with E-state index in [0.29, 0.717) is 24.7 Å². The van der Waals surface area contributed by atoms with Gasteiger partial charge < -0.3 is 11.1 Å². The van der Waals surface area contributed by atoms with Crippen molar-refractivity contribution in [1.29, 1.82) is 0 Å². The van der Waals surface area contributed by atoms with Gasteiger partial charge in [0.05, 0.1) is 5.69 Å². The lowest BCUT2D eigenvalue weighted by Gasteiger charge is -2.12. The van der Waals surface area contributed by atoms with E-state index in [0.717, 1.165) is 4.47 Å². The molecule has 0 aromatic heterocycles. The van der Waals surface area contributed by atoms with Crippen LogP contribution in [-0.4, -0.2) is 13.1 Å². The molecule has 2 nitrogen and oxygen atoms in total. The van der Waals surface area contributed by atoms with Crippen molar-refractivity contribution >= 4 is 21.6 Å². The molecule has 0 saturated heterocycles. The largest absolute Gasteiger partial charge is 0.382 e. The van der Waals surface area contributed by atoms with Crippen LogP contribution in [0.15, 0.2) is 22.7 Å². The number of rotatable bonds is 4. The van der Waals surface area contributed by atoms with Crippen LogP contribution in [0.3, 0.4) is 0 Å². The number of nitrogens with two attached hydrogens (primary N) is 1. The Labute approximate surface area is 91.8 Å². The molecule has 0 radical (unpaired) electrons. The number of halogens is 2. The Kier molecular flexibility index (Phi) is 4.35. The predicted octanol–water partition coefficient (Wildman–Crippen LogP) is 2.59. The van der Waals surface area contributed by atoms with E-state index in [-0.39, 0.29) is 5.82 Å². The summed E-state index contributed by atoms with van der Waals surface area (Å²) >= 11 is 3.29. The van der Waals surface area contributed by atoms with Gasteiger partial charge in [-0.3, -0.25) is 0 Å². The molecule has 1 unspecified atom stereocenters. The highest BCUT2D eigenvalue weighted by Gasteiger charge is 2.03. The Balaban J connectivity index is 2.62. The van der Waals surface area contributed by atoms with Crippen molar-refractivity contribution in [2.24, 2.45) is 11.7 Å². The van der Waals surface area contributed by atoms with Gasteiger partial charge in [0.2, 0.25) is 0 Å². The lowest BCUT2D eigenvalue weighted by molar-refractivity contribution is 0.609. The molecule has 1 rings (SSSR count). The van der Waals surface area contributed by atoms with E-state index in [2.05, 4.69) is 21.2 Å². The SMILES string of the molecule is CC(CN)CNc1cc(Br)ccc1F. The lowest BCUT2D eigenvalue weighted by Crippen LogP contribution is -2.20. The van der Waals surface area contributed by atoms with Gasteiger partial charge in [-0.25, -0.2) is 4.39 Å². The zero-order valence-corrected chi connectivity index (χ0v) is 9.64. The Morgan fingerprint density at radius 1 is 1.57 bits per heavy atom. The van der Waals surface area contributed by atoms with Crippen LogP contribution in [0, 0.1) is 11.7 Å². The molecule has 78 valence electrons. The minimum absolute atomic E-state index is 0.238. The summed E-state index contributed by atoms with van der Waals surface area (Å²) in [7, 11) is 0. The van der Waals surface area contributed by atoms with Gasteiger partial charge in [0, 0.05) is 11.0 Å². The Bertz CT molecular complexity index is 304. The number of hydrogen-bond acceptors (Lipinski definition) is 2. The van der Waals surface area contributed by atoms with Crippen LogP contribution < -0.4 is 11.1 Å². The molecule has 0 saturated carbocycles. The summed E-state index contributed by atoms with van der Waals surface area (Å²) < 4.78 is 14.1.